The van der Waals surface area contributed by atoms with Crippen LogP contribution in [-0.4, -0.2) is 25.9 Å². The molecule has 0 radical (unpaired) electrons. The lowest BCUT2D eigenvalue weighted by Crippen LogP contribution is -2.24. The second-order valence-electron chi connectivity index (χ2n) is 5.03. The van der Waals surface area contributed by atoms with Gasteiger partial charge in [0.2, 0.25) is 0 Å². The van der Waals surface area contributed by atoms with Crippen LogP contribution in [0.3, 0.4) is 0 Å². The van der Waals surface area contributed by atoms with Gasteiger partial charge in [-0.1, -0.05) is 12.1 Å². The monoisotopic (exact) mass is 335 g/mol. The van der Waals surface area contributed by atoms with Crippen LogP contribution in [0.2, 0.25) is 0 Å². The van der Waals surface area contributed by atoms with Gasteiger partial charge in [0.1, 0.15) is 0 Å². The number of benzene rings is 1. The molecule has 3 N–H and O–H groups in total. The van der Waals surface area contributed by atoms with E-state index in [-0.39, 0.29) is 5.11 Å². The number of nitrogens with two attached hydrogens (primary N) is 1. The number of hydrogen-bond donors (Lipinski definition) is 2. The van der Waals surface area contributed by atoms with E-state index in [9.17, 15) is 0 Å². The molecule has 24 heavy (non-hydrogen) atoms. The SMILES string of the molecule is [C-]#[N+]c1ccc2c(C=NNC(N)=S)cc(-c3cncn3C)nc2c1. The standard InChI is InChI=1S/C16H13N7S/c1-18-11-3-4-12-10(7-20-22-16(17)24)5-14(21-13(12)6-11)15-8-19-9-23(15)2/h3-9H,2H3,(H3,17,22,24). The van der Waals surface area contributed by atoms with Crippen LogP contribution in [0.1, 0.15) is 5.56 Å². The predicted octanol–water partition coefficient (Wildman–Crippen LogP) is 2.35. The third-order valence-electron chi connectivity index (χ3n) is 3.41. The summed E-state index contributed by atoms with van der Waals surface area (Å²) in [5.74, 6) is 0. The number of nitrogens with one attached hydrogen (secondary N) is 1. The summed E-state index contributed by atoms with van der Waals surface area (Å²) in [6.45, 7) is 7.18. The quantitative estimate of drug-likeness (QED) is 0.332. The van der Waals surface area contributed by atoms with Gasteiger partial charge >= 0.3 is 0 Å². The van der Waals surface area contributed by atoms with Crippen molar-refractivity contribution in [1.29, 1.82) is 0 Å². The Morgan fingerprint density at radius 3 is 2.96 bits per heavy atom. The first-order valence-electron chi connectivity index (χ1n) is 6.96. The van der Waals surface area contributed by atoms with Crippen molar-refractivity contribution in [3.8, 4) is 11.4 Å². The normalized spacial score (nSPS) is 10.8. The van der Waals surface area contributed by atoms with E-state index in [2.05, 4.69) is 25.3 Å². The second kappa shape index (κ2) is 6.44. The summed E-state index contributed by atoms with van der Waals surface area (Å²) < 4.78 is 1.88. The number of rotatable bonds is 3. The maximum Gasteiger partial charge on any atom is 0.189 e. The first kappa shape index (κ1) is 15.6. The predicted molar refractivity (Wildman–Crippen MR) is 97.7 cm³/mol. The van der Waals surface area contributed by atoms with E-state index in [0.29, 0.717) is 11.2 Å². The summed E-state index contributed by atoms with van der Waals surface area (Å²) in [6, 6.07) is 7.26. The number of imidazole rings is 1. The molecule has 1 aromatic carbocycles. The molecule has 0 amide bonds. The Balaban J connectivity index is 2.20. The smallest absolute Gasteiger partial charge is 0.189 e. The van der Waals surface area contributed by atoms with Gasteiger partial charge in [-0.25, -0.2) is 14.8 Å². The summed E-state index contributed by atoms with van der Waals surface area (Å²) in [6.07, 6.45) is 5.07. The second-order valence-corrected chi connectivity index (χ2v) is 5.47. The molecule has 0 aliphatic heterocycles. The average molecular weight is 335 g/mol. The Bertz CT molecular complexity index is 997. The van der Waals surface area contributed by atoms with E-state index >= 15 is 0 Å². The van der Waals surface area contributed by atoms with Crippen molar-refractivity contribution in [3.05, 3.63) is 53.8 Å². The van der Waals surface area contributed by atoms with Gasteiger partial charge in [0.15, 0.2) is 10.8 Å². The Morgan fingerprint density at radius 1 is 1.46 bits per heavy atom. The zero-order valence-corrected chi connectivity index (χ0v) is 13.6. The van der Waals surface area contributed by atoms with Gasteiger partial charge in [0.25, 0.3) is 0 Å². The summed E-state index contributed by atoms with van der Waals surface area (Å²) in [7, 11) is 1.89. The Kier molecular flexibility index (Phi) is 4.18. The number of nitrogens with zero attached hydrogens (tertiary/aromatic N) is 5. The molecule has 0 unspecified atom stereocenters. The van der Waals surface area contributed by atoms with Crippen LogP contribution in [-0.2, 0) is 7.05 Å². The fourth-order valence-electron chi connectivity index (χ4n) is 2.32. The molecule has 2 heterocycles. The average Bonchev–Trinajstić information content (AvgIpc) is 2.99. The van der Waals surface area contributed by atoms with Crippen molar-refractivity contribution in [3.63, 3.8) is 0 Å². The molecule has 3 rings (SSSR count). The van der Waals surface area contributed by atoms with Crippen molar-refractivity contribution in [2.24, 2.45) is 17.9 Å². The minimum Gasteiger partial charge on any atom is -0.375 e. The molecular weight excluding hydrogens is 322 g/mol. The van der Waals surface area contributed by atoms with E-state index in [1.165, 1.54) is 0 Å². The summed E-state index contributed by atoms with van der Waals surface area (Å²) >= 11 is 4.74. The number of fused-ring (bicyclic) bond motifs is 1. The van der Waals surface area contributed by atoms with E-state index in [1.807, 2.05) is 23.7 Å². The number of thiocarbonyl (C=S) groups is 1. The maximum absolute atomic E-state index is 7.18. The molecule has 0 atom stereocenters. The molecule has 0 bridgehead atoms. The largest absolute Gasteiger partial charge is 0.375 e. The van der Waals surface area contributed by atoms with Gasteiger partial charge in [0.05, 0.1) is 42.2 Å². The van der Waals surface area contributed by atoms with E-state index in [1.54, 1.807) is 30.9 Å². The Morgan fingerprint density at radius 2 is 2.29 bits per heavy atom. The highest BCUT2D eigenvalue weighted by Gasteiger charge is 2.10. The van der Waals surface area contributed by atoms with E-state index < -0.39 is 0 Å². The van der Waals surface area contributed by atoms with Crippen LogP contribution >= 0.6 is 12.2 Å². The summed E-state index contributed by atoms with van der Waals surface area (Å²) in [4.78, 5) is 12.2. The molecule has 3 aromatic rings. The van der Waals surface area contributed by atoms with Crippen LogP contribution < -0.4 is 11.2 Å². The molecule has 0 aliphatic rings. The first-order chi connectivity index (χ1) is 11.6. The number of aryl methyl sites for hydroxylation is 1. The fourth-order valence-corrected chi connectivity index (χ4v) is 2.37. The van der Waals surface area contributed by atoms with Gasteiger partial charge < -0.3 is 10.3 Å². The third kappa shape index (κ3) is 3.06. The maximum atomic E-state index is 7.18. The molecule has 0 saturated heterocycles. The van der Waals surface area contributed by atoms with Gasteiger partial charge in [0, 0.05) is 18.0 Å². The van der Waals surface area contributed by atoms with E-state index in [4.69, 9.17) is 24.5 Å². The Labute approximate surface area is 143 Å². The number of aromatic nitrogens is 3. The van der Waals surface area contributed by atoms with Crippen LogP contribution in [0, 0.1) is 6.57 Å². The zero-order valence-electron chi connectivity index (χ0n) is 12.8. The minimum atomic E-state index is 0.0896. The van der Waals surface area contributed by atoms with Gasteiger partial charge in [-0.2, -0.15) is 5.10 Å². The highest BCUT2D eigenvalue weighted by molar-refractivity contribution is 7.80. The summed E-state index contributed by atoms with van der Waals surface area (Å²) in [5.41, 5.74) is 11.6. The topological polar surface area (TPSA) is 85.5 Å². The molecule has 118 valence electrons. The summed E-state index contributed by atoms with van der Waals surface area (Å²) in [5, 5.41) is 4.99. The molecule has 0 aliphatic carbocycles. The van der Waals surface area contributed by atoms with Crippen molar-refractivity contribution in [1.82, 2.24) is 20.0 Å². The lowest BCUT2D eigenvalue weighted by atomic mass is 10.1. The van der Waals surface area contributed by atoms with Crippen molar-refractivity contribution < 1.29 is 0 Å². The molecule has 0 fully saturated rings. The highest BCUT2D eigenvalue weighted by Crippen LogP contribution is 2.26. The lowest BCUT2D eigenvalue weighted by molar-refractivity contribution is 0.917. The van der Waals surface area contributed by atoms with Crippen LogP contribution in [0.25, 0.3) is 27.1 Å². The molecule has 7 nitrogen and oxygen atoms in total. The van der Waals surface area contributed by atoms with Crippen molar-refractivity contribution in [2.75, 3.05) is 0 Å². The molecule has 0 spiro atoms. The fraction of sp³-hybridized carbons (Fsp3) is 0.0625. The van der Waals surface area contributed by atoms with Crippen LogP contribution in [0.15, 0.2) is 41.9 Å². The molecule has 0 saturated carbocycles. The molecular formula is C16H13N7S. The van der Waals surface area contributed by atoms with Crippen LogP contribution in [0.4, 0.5) is 5.69 Å². The van der Waals surface area contributed by atoms with Gasteiger partial charge in [-0.3, -0.25) is 5.43 Å². The molecule has 8 heteroatoms. The number of pyridine rings is 1. The number of hydrazone groups is 1. The lowest BCUT2D eigenvalue weighted by Gasteiger charge is -2.08. The van der Waals surface area contributed by atoms with Gasteiger partial charge in [-0.05, 0) is 24.4 Å². The zero-order chi connectivity index (χ0) is 17.1. The third-order valence-corrected chi connectivity index (χ3v) is 3.50. The number of hydrogen-bond acceptors (Lipinski definition) is 4. The first-order valence-corrected chi connectivity index (χ1v) is 7.37. The van der Waals surface area contributed by atoms with E-state index in [0.717, 1.165) is 22.3 Å². The Hall–Kier alpha value is -3.31. The molecule has 2 aromatic heterocycles. The van der Waals surface area contributed by atoms with Gasteiger partial charge in [-0.15, -0.1) is 0 Å². The highest BCUT2D eigenvalue weighted by atomic mass is 32.1. The van der Waals surface area contributed by atoms with Crippen LogP contribution in [0.5, 0.6) is 0 Å². The van der Waals surface area contributed by atoms with Crippen molar-refractivity contribution in [2.45, 2.75) is 0 Å². The minimum absolute atomic E-state index is 0.0896. The van der Waals surface area contributed by atoms with Crippen molar-refractivity contribution >= 4 is 40.1 Å².